The molecule has 0 saturated carbocycles. The molecule has 7 heteroatoms. The van der Waals surface area contributed by atoms with Crippen LogP contribution in [0.1, 0.15) is 40.4 Å². The summed E-state index contributed by atoms with van der Waals surface area (Å²) in [6.45, 7) is 2.16. The first-order valence-corrected chi connectivity index (χ1v) is 9.96. The van der Waals surface area contributed by atoms with E-state index in [1.165, 1.54) is 17.4 Å². The van der Waals surface area contributed by atoms with Gasteiger partial charge in [-0.05, 0) is 54.2 Å². The topological polar surface area (TPSA) is 72.2 Å². The Balaban J connectivity index is 1.36. The van der Waals surface area contributed by atoms with Gasteiger partial charge in [-0.2, -0.15) is 0 Å². The Hall–Kier alpha value is -2.96. The highest BCUT2D eigenvalue weighted by Crippen LogP contribution is 2.42. The summed E-state index contributed by atoms with van der Waals surface area (Å²) in [5.41, 5.74) is 2.41. The van der Waals surface area contributed by atoms with Crippen LogP contribution in [0, 0.1) is 0 Å². The summed E-state index contributed by atoms with van der Waals surface area (Å²) >= 11 is 0. The summed E-state index contributed by atoms with van der Waals surface area (Å²) < 4.78 is 16.0. The molecule has 1 saturated heterocycles. The molecular formula is C22H26N2O5. The molecule has 1 aliphatic carbocycles. The normalized spacial score (nSPS) is 18.5. The van der Waals surface area contributed by atoms with Crippen LogP contribution in [0.25, 0.3) is 0 Å². The molecular weight excluding hydrogens is 372 g/mol. The number of carbonyl (C=O) groups is 2. The van der Waals surface area contributed by atoms with Crippen molar-refractivity contribution in [3.8, 4) is 11.5 Å². The maximum absolute atomic E-state index is 12.9. The van der Waals surface area contributed by atoms with E-state index in [0.717, 1.165) is 18.6 Å². The van der Waals surface area contributed by atoms with Crippen molar-refractivity contribution in [2.24, 2.45) is 0 Å². The lowest BCUT2D eigenvalue weighted by Crippen LogP contribution is -2.50. The molecule has 1 fully saturated rings. The van der Waals surface area contributed by atoms with Gasteiger partial charge in [-0.3, -0.25) is 9.59 Å². The minimum Gasteiger partial charge on any atom is -0.493 e. The third-order valence-corrected chi connectivity index (χ3v) is 5.92. The van der Waals surface area contributed by atoms with Crippen LogP contribution < -0.4 is 9.47 Å². The van der Waals surface area contributed by atoms with Crippen molar-refractivity contribution in [2.45, 2.75) is 25.2 Å². The summed E-state index contributed by atoms with van der Waals surface area (Å²) in [7, 11) is 3.26. The zero-order valence-electron chi connectivity index (χ0n) is 16.8. The third-order valence-electron chi connectivity index (χ3n) is 5.92. The minimum absolute atomic E-state index is 0.118. The standard InChI is InChI=1S/C22H26N2O5/c1-27-19-12-15-5-6-16(17(15)14-20(19)28-2)13-21(25)23-7-9-24(10-8-23)22(26)18-4-3-11-29-18/h3-4,11-12,14,16H,5-10,13H2,1-2H3. The molecule has 29 heavy (non-hydrogen) atoms. The van der Waals surface area contributed by atoms with Crippen LogP contribution in [0.15, 0.2) is 34.9 Å². The van der Waals surface area contributed by atoms with Crippen LogP contribution in [0.2, 0.25) is 0 Å². The van der Waals surface area contributed by atoms with E-state index >= 15 is 0 Å². The molecule has 0 spiro atoms. The molecule has 1 unspecified atom stereocenters. The molecule has 0 bridgehead atoms. The number of piperazine rings is 1. The van der Waals surface area contributed by atoms with Crippen LogP contribution >= 0.6 is 0 Å². The van der Waals surface area contributed by atoms with Crippen LogP contribution in [0.3, 0.4) is 0 Å². The molecule has 2 heterocycles. The molecule has 1 atom stereocenters. The maximum Gasteiger partial charge on any atom is 0.289 e. The second-order valence-electron chi connectivity index (χ2n) is 7.50. The van der Waals surface area contributed by atoms with Crippen molar-refractivity contribution < 1.29 is 23.5 Å². The lowest BCUT2D eigenvalue weighted by Gasteiger charge is -2.35. The van der Waals surface area contributed by atoms with Crippen LogP contribution in [-0.2, 0) is 11.2 Å². The number of benzene rings is 1. The van der Waals surface area contributed by atoms with Gasteiger partial charge in [0.25, 0.3) is 5.91 Å². The van der Waals surface area contributed by atoms with Crippen molar-refractivity contribution in [2.75, 3.05) is 40.4 Å². The van der Waals surface area contributed by atoms with E-state index in [2.05, 4.69) is 0 Å². The SMILES string of the molecule is COc1cc2c(cc1OC)C(CC(=O)N1CCN(C(=O)c3ccco3)CC1)CC2. The fourth-order valence-corrected chi connectivity index (χ4v) is 4.29. The number of methoxy groups -OCH3 is 2. The Kier molecular flexibility index (Phi) is 5.47. The van der Waals surface area contributed by atoms with Crippen molar-refractivity contribution in [3.05, 3.63) is 47.4 Å². The molecule has 4 rings (SSSR count). The maximum atomic E-state index is 12.9. The summed E-state index contributed by atoms with van der Waals surface area (Å²) in [4.78, 5) is 28.9. The highest BCUT2D eigenvalue weighted by Gasteiger charge is 2.31. The van der Waals surface area contributed by atoms with E-state index in [0.29, 0.717) is 44.1 Å². The number of carbonyl (C=O) groups excluding carboxylic acids is 2. The molecule has 0 N–H and O–H groups in total. The summed E-state index contributed by atoms with van der Waals surface area (Å²) in [5, 5.41) is 0. The lowest BCUT2D eigenvalue weighted by atomic mass is 9.96. The smallest absolute Gasteiger partial charge is 0.289 e. The van der Waals surface area contributed by atoms with E-state index in [1.807, 2.05) is 17.0 Å². The molecule has 7 nitrogen and oxygen atoms in total. The van der Waals surface area contributed by atoms with Gasteiger partial charge in [-0.15, -0.1) is 0 Å². The average molecular weight is 398 g/mol. The second-order valence-corrected chi connectivity index (χ2v) is 7.50. The zero-order chi connectivity index (χ0) is 20.4. The highest BCUT2D eigenvalue weighted by atomic mass is 16.5. The van der Waals surface area contributed by atoms with E-state index in [-0.39, 0.29) is 17.7 Å². The molecule has 2 aliphatic rings. The minimum atomic E-state index is -0.118. The van der Waals surface area contributed by atoms with Gasteiger partial charge >= 0.3 is 0 Å². The number of furan rings is 1. The Morgan fingerprint density at radius 3 is 2.41 bits per heavy atom. The van der Waals surface area contributed by atoms with Crippen molar-refractivity contribution >= 4 is 11.8 Å². The van der Waals surface area contributed by atoms with E-state index in [4.69, 9.17) is 13.9 Å². The Bertz CT molecular complexity index is 885. The number of aryl methyl sites for hydroxylation is 1. The van der Waals surface area contributed by atoms with Crippen molar-refractivity contribution in [1.29, 1.82) is 0 Å². The molecule has 1 aromatic heterocycles. The molecule has 1 aliphatic heterocycles. The largest absolute Gasteiger partial charge is 0.493 e. The first-order valence-electron chi connectivity index (χ1n) is 9.96. The quantitative estimate of drug-likeness (QED) is 0.774. The zero-order valence-corrected chi connectivity index (χ0v) is 16.8. The molecule has 2 aromatic rings. The van der Waals surface area contributed by atoms with E-state index in [1.54, 1.807) is 31.3 Å². The van der Waals surface area contributed by atoms with E-state index in [9.17, 15) is 9.59 Å². The van der Waals surface area contributed by atoms with Gasteiger partial charge < -0.3 is 23.7 Å². The average Bonchev–Trinajstić information content (AvgIpc) is 3.42. The molecule has 0 radical (unpaired) electrons. The number of hydrogen-bond donors (Lipinski definition) is 0. The first kappa shape index (κ1) is 19.4. The van der Waals surface area contributed by atoms with Crippen molar-refractivity contribution in [1.82, 2.24) is 9.80 Å². The first-order chi connectivity index (χ1) is 14.1. The summed E-state index contributed by atoms with van der Waals surface area (Å²) in [6, 6.07) is 7.41. The van der Waals surface area contributed by atoms with Gasteiger partial charge in [0, 0.05) is 32.6 Å². The molecule has 154 valence electrons. The molecule has 1 aromatic carbocycles. The van der Waals surface area contributed by atoms with Gasteiger partial charge in [0.15, 0.2) is 17.3 Å². The number of nitrogens with zero attached hydrogens (tertiary/aromatic N) is 2. The highest BCUT2D eigenvalue weighted by molar-refractivity contribution is 5.91. The second kappa shape index (κ2) is 8.19. The van der Waals surface area contributed by atoms with Gasteiger partial charge in [0.1, 0.15) is 0 Å². The fraction of sp³-hybridized carbons (Fsp3) is 0.455. The Morgan fingerprint density at radius 2 is 1.76 bits per heavy atom. The Morgan fingerprint density at radius 1 is 1.07 bits per heavy atom. The monoisotopic (exact) mass is 398 g/mol. The predicted octanol–water partition coefficient (Wildman–Crippen LogP) is 2.70. The number of rotatable bonds is 5. The van der Waals surface area contributed by atoms with Crippen LogP contribution in [0.4, 0.5) is 0 Å². The predicted molar refractivity (Wildman–Crippen MR) is 106 cm³/mol. The Labute approximate surface area is 170 Å². The van der Waals surface area contributed by atoms with Gasteiger partial charge in [-0.1, -0.05) is 0 Å². The lowest BCUT2D eigenvalue weighted by molar-refractivity contribution is -0.133. The number of ether oxygens (including phenoxy) is 2. The number of hydrogen-bond acceptors (Lipinski definition) is 5. The van der Waals surface area contributed by atoms with Gasteiger partial charge in [0.2, 0.25) is 5.91 Å². The number of fused-ring (bicyclic) bond motifs is 1. The van der Waals surface area contributed by atoms with E-state index < -0.39 is 0 Å². The number of amides is 2. The van der Waals surface area contributed by atoms with Crippen LogP contribution in [-0.4, -0.2) is 62.0 Å². The van der Waals surface area contributed by atoms with Crippen LogP contribution in [0.5, 0.6) is 11.5 Å². The summed E-state index contributed by atoms with van der Waals surface area (Å²) in [5.74, 6) is 2.00. The summed E-state index contributed by atoms with van der Waals surface area (Å²) in [6.07, 6.45) is 3.87. The molecule has 2 amide bonds. The van der Waals surface area contributed by atoms with Gasteiger partial charge in [-0.25, -0.2) is 0 Å². The third kappa shape index (κ3) is 3.81. The van der Waals surface area contributed by atoms with Gasteiger partial charge in [0.05, 0.1) is 20.5 Å². The fourth-order valence-electron chi connectivity index (χ4n) is 4.29. The van der Waals surface area contributed by atoms with Crippen molar-refractivity contribution in [3.63, 3.8) is 0 Å².